The van der Waals surface area contributed by atoms with Crippen molar-refractivity contribution in [1.82, 2.24) is 15.2 Å². The Bertz CT molecular complexity index is 447. The summed E-state index contributed by atoms with van der Waals surface area (Å²) in [7, 11) is 4.02. The van der Waals surface area contributed by atoms with E-state index in [-0.39, 0.29) is 0 Å². The van der Waals surface area contributed by atoms with E-state index in [9.17, 15) is 0 Å². The lowest BCUT2D eigenvalue weighted by atomic mass is 10.2. The molecular formula is C15H27N5O. The zero-order valence-electron chi connectivity index (χ0n) is 13.5. The van der Waals surface area contributed by atoms with Crippen molar-refractivity contribution in [3.63, 3.8) is 0 Å². The summed E-state index contributed by atoms with van der Waals surface area (Å²) in [6, 6.07) is 4.14. The summed E-state index contributed by atoms with van der Waals surface area (Å²) >= 11 is 0. The normalized spacial score (nSPS) is 13.3. The van der Waals surface area contributed by atoms with Crippen LogP contribution in [0.2, 0.25) is 0 Å². The molecule has 0 bridgehead atoms. The first-order valence-corrected chi connectivity index (χ1v) is 7.30. The minimum absolute atomic E-state index is 0.330. The van der Waals surface area contributed by atoms with Gasteiger partial charge in [0.15, 0.2) is 5.96 Å². The number of nitrogens with one attached hydrogen (secondary N) is 1. The number of guanidine groups is 1. The maximum Gasteiger partial charge on any atom is 0.213 e. The molecule has 1 atom stereocenters. The number of aromatic nitrogens is 1. The SMILES string of the molecule is CCC(C)NC(N)=NCc1ccnc(OCCN(C)C)c1. The van der Waals surface area contributed by atoms with Gasteiger partial charge in [0.2, 0.25) is 5.88 Å². The summed E-state index contributed by atoms with van der Waals surface area (Å²) < 4.78 is 5.60. The van der Waals surface area contributed by atoms with Crippen molar-refractivity contribution in [2.75, 3.05) is 27.2 Å². The van der Waals surface area contributed by atoms with Crippen molar-refractivity contribution in [3.8, 4) is 5.88 Å². The predicted molar refractivity (Wildman–Crippen MR) is 86.5 cm³/mol. The third-order valence-electron chi connectivity index (χ3n) is 3.03. The summed E-state index contributed by atoms with van der Waals surface area (Å²) in [5.41, 5.74) is 6.86. The van der Waals surface area contributed by atoms with Gasteiger partial charge < -0.3 is 20.7 Å². The maximum atomic E-state index is 5.84. The van der Waals surface area contributed by atoms with Gasteiger partial charge in [0.05, 0.1) is 6.54 Å². The monoisotopic (exact) mass is 293 g/mol. The molecule has 0 aromatic carbocycles. The van der Waals surface area contributed by atoms with E-state index >= 15 is 0 Å². The predicted octanol–water partition coefficient (Wildman–Crippen LogP) is 1.22. The molecule has 1 aromatic rings. The van der Waals surface area contributed by atoms with Gasteiger partial charge in [0, 0.05) is 24.8 Å². The lowest BCUT2D eigenvalue weighted by Crippen LogP contribution is -2.38. The van der Waals surface area contributed by atoms with Crippen LogP contribution in [0, 0.1) is 0 Å². The van der Waals surface area contributed by atoms with E-state index in [1.165, 1.54) is 0 Å². The number of nitrogens with zero attached hydrogens (tertiary/aromatic N) is 3. The molecule has 0 radical (unpaired) electrons. The summed E-state index contributed by atoms with van der Waals surface area (Å²) in [6.07, 6.45) is 2.74. The van der Waals surface area contributed by atoms with Crippen LogP contribution in [-0.2, 0) is 6.54 Å². The van der Waals surface area contributed by atoms with E-state index in [2.05, 4.69) is 34.0 Å². The van der Waals surface area contributed by atoms with Gasteiger partial charge in [-0.15, -0.1) is 0 Å². The molecule has 0 fully saturated rings. The van der Waals surface area contributed by atoms with Gasteiger partial charge in [-0.25, -0.2) is 9.98 Å². The number of hydrogen-bond donors (Lipinski definition) is 2. The molecule has 6 nitrogen and oxygen atoms in total. The van der Waals surface area contributed by atoms with Crippen molar-refractivity contribution >= 4 is 5.96 Å². The number of aliphatic imine (C=N–C) groups is 1. The lowest BCUT2D eigenvalue weighted by molar-refractivity contribution is 0.253. The molecule has 0 saturated heterocycles. The largest absolute Gasteiger partial charge is 0.476 e. The molecular weight excluding hydrogens is 266 g/mol. The number of hydrogen-bond acceptors (Lipinski definition) is 4. The highest BCUT2D eigenvalue weighted by molar-refractivity contribution is 5.78. The van der Waals surface area contributed by atoms with Crippen LogP contribution in [0.25, 0.3) is 0 Å². The molecule has 0 aliphatic rings. The first kappa shape index (κ1) is 17.2. The van der Waals surface area contributed by atoms with Crippen LogP contribution < -0.4 is 15.8 Å². The fraction of sp³-hybridized carbons (Fsp3) is 0.600. The Morgan fingerprint density at radius 2 is 2.29 bits per heavy atom. The number of pyridine rings is 1. The Labute approximate surface area is 127 Å². The summed E-state index contributed by atoms with van der Waals surface area (Å²) in [4.78, 5) is 10.6. The van der Waals surface area contributed by atoms with E-state index in [4.69, 9.17) is 10.5 Å². The Morgan fingerprint density at radius 3 is 2.95 bits per heavy atom. The van der Waals surface area contributed by atoms with Crippen LogP contribution in [0.5, 0.6) is 5.88 Å². The highest BCUT2D eigenvalue weighted by Crippen LogP contribution is 2.10. The summed E-state index contributed by atoms with van der Waals surface area (Å²) in [5, 5.41) is 3.14. The lowest BCUT2D eigenvalue weighted by Gasteiger charge is -2.12. The molecule has 1 unspecified atom stereocenters. The van der Waals surface area contributed by atoms with E-state index < -0.39 is 0 Å². The molecule has 0 aliphatic heterocycles. The second-order valence-electron chi connectivity index (χ2n) is 5.31. The zero-order valence-corrected chi connectivity index (χ0v) is 13.5. The third-order valence-corrected chi connectivity index (χ3v) is 3.03. The number of ether oxygens (including phenoxy) is 1. The van der Waals surface area contributed by atoms with Crippen molar-refractivity contribution in [1.29, 1.82) is 0 Å². The van der Waals surface area contributed by atoms with Gasteiger partial charge in [-0.05, 0) is 39.1 Å². The minimum Gasteiger partial charge on any atom is -0.476 e. The highest BCUT2D eigenvalue weighted by Gasteiger charge is 2.01. The molecule has 0 saturated carbocycles. The molecule has 0 amide bonds. The summed E-state index contributed by atoms with van der Waals surface area (Å²) in [5.74, 6) is 1.09. The first-order valence-electron chi connectivity index (χ1n) is 7.30. The van der Waals surface area contributed by atoms with Crippen LogP contribution in [-0.4, -0.2) is 49.1 Å². The standard InChI is InChI=1S/C15H27N5O/c1-5-12(2)19-15(16)18-11-13-6-7-17-14(10-13)21-9-8-20(3)4/h6-7,10,12H,5,8-9,11H2,1-4H3,(H3,16,18,19). The van der Waals surface area contributed by atoms with Gasteiger partial charge in [0.25, 0.3) is 0 Å². The Balaban J connectivity index is 2.50. The molecule has 0 aliphatic carbocycles. The molecule has 0 spiro atoms. The van der Waals surface area contributed by atoms with Crippen LogP contribution >= 0.6 is 0 Å². The van der Waals surface area contributed by atoms with Crippen molar-refractivity contribution < 1.29 is 4.74 Å². The molecule has 118 valence electrons. The van der Waals surface area contributed by atoms with Crippen LogP contribution in [0.4, 0.5) is 0 Å². The average Bonchev–Trinajstić information content (AvgIpc) is 2.45. The van der Waals surface area contributed by atoms with Crippen LogP contribution in [0.1, 0.15) is 25.8 Å². The Morgan fingerprint density at radius 1 is 1.52 bits per heavy atom. The number of rotatable bonds is 8. The van der Waals surface area contributed by atoms with E-state index in [0.717, 1.165) is 18.5 Å². The summed E-state index contributed by atoms with van der Waals surface area (Å²) in [6.45, 7) is 6.17. The molecule has 21 heavy (non-hydrogen) atoms. The quantitative estimate of drug-likeness (QED) is 0.557. The molecule has 3 N–H and O–H groups in total. The van der Waals surface area contributed by atoms with Crippen LogP contribution in [0.3, 0.4) is 0 Å². The topological polar surface area (TPSA) is 75.8 Å². The molecule has 1 heterocycles. The minimum atomic E-state index is 0.330. The van der Waals surface area contributed by atoms with Gasteiger partial charge >= 0.3 is 0 Å². The fourth-order valence-corrected chi connectivity index (χ4v) is 1.54. The zero-order chi connectivity index (χ0) is 15.7. The Hall–Kier alpha value is -1.82. The van der Waals surface area contributed by atoms with Crippen molar-refractivity contribution in [2.24, 2.45) is 10.7 Å². The Kier molecular flexibility index (Phi) is 7.53. The van der Waals surface area contributed by atoms with Gasteiger partial charge in [-0.3, -0.25) is 0 Å². The van der Waals surface area contributed by atoms with Crippen LogP contribution in [0.15, 0.2) is 23.3 Å². The van der Waals surface area contributed by atoms with Crippen molar-refractivity contribution in [2.45, 2.75) is 32.9 Å². The average molecular weight is 293 g/mol. The molecule has 1 aromatic heterocycles. The fourth-order valence-electron chi connectivity index (χ4n) is 1.54. The van der Waals surface area contributed by atoms with E-state index in [1.807, 2.05) is 26.2 Å². The third kappa shape index (κ3) is 7.51. The van der Waals surface area contributed by atoms with E-state index in [0.29, 0.717) is 31.0 Å². The first-order chi connectivity index (χ1) is 10.0. The number of nitrogens with two attached hydrogens (primary N) is 1. The van der Waals surface area contributed by atoms with Crippen molar-refractivity contribution in [3.05, 3.63) is 23.9 Å². The second-order valence-corrected chi connectivity index (χ2v) is 5.31. The van der Waals surface area contributed by atoms with Gasteiger partial charge in [0.1, 0.15) is 6.61 Å². The van der Waals surface area contributed by atoms with Gasteiger partial charge in [-0.1, -0.05) is 6.92 Å². The van der Waals surface area contributed by atoms with Gasteiger partial charge in [-0.2, -0.15) is 0 Å². The second kappa shape index (κ2) is 9.18. The molecule has 1 rings (SSSR count). The van der Waals surface area contributed by atoms with E-state index in [1.54, 1.807) is 6.20 Å². The smallest absolute Gasteiger partial charge is 0.213 e. The highest BCUT2D eigenvalue weighted by atomic mass is 16.5. The number of likely N-dealkylation sites (N-methyl/N-ethyl adjacent to an activating group) is 1. The maximum absolute atomic E-state index is 5.84. The molecule has 6 heteroatoms.